The van der Waals surface area contributed by atoms with Gasteiger partial charge in [0.25, 0.3) is 5.91 Å². The van der Waals surface area contributed by atoms with E-state index < -0.39 is 5.97 Å². The zero-order chi connectivity index (χ0) is 20.1. The second kappa shape index (κ2) is 9.01. The fraction of sp³-hybridized carbons (Fsp3) is 0.476. The number of amides is 1. The van der Waals surface area contributed by atoms with Gasteiger partial charge in [0.1, 0.15) is 0 Å². The molecule has 2 aromatic rings. The molecule has 0 radical (unpaired) electrons. The maximum Gasteiger partial charge on any atom is 0.361 e. The quantitative estimate of drug-likeness (QED) is 0.712. The van der Waals surface area contributed by atoms with Gasteiger partial charge in [-0.2, -0.15) is 0 Å². The van der Waals surface area contributed by atoms with Crippen LogP contribution in [-0.4, -0.2) is 65.5 Å². The van der Waals surface area contributed by atoms with E-state index in [1.165, 1.54) is 6.39 Å². The summed E-state index contributed by atoms with van der Waals surface area (Å²) in [7, 11) is 0. The Morgan fingerprint density at radius 3 is 2.57 bits per heavy atom. The first kappa shape index (κ1) is 20.1. The summed E-state index contributed by atoms with van der Waals surface area (Å²) in [5, 5.41) is 0. The van der Waals surface area contributed by atoms with Crippen LogP contribution in [0.4, 0.5) is 0 Å². The first-order valence-corrected chi connectivity index (χ1v) is 9.76. The molecular formula is C21H27N3O4. The zero-order valence-corrected chi connectivity index (χ0v) is 16.7. The molecule has 0 saturated carbocycles. The van der Waals surface area contributed by atoms with Gasteiger partial charge < -0.3 is 14.1 Å². The molecule has 0 aliphatic carbocycles. The molecule has 2 heterocycles. The van der Waals surface area contributed by atoms with Crippen LogP contribution in [0.3, 0.4) is 0 Å². The van der Waals surface area contributed by atoms with Crippen molar-refractivity contribution in [2.45, 2.75) is 33.3 Å². The van der Waals surface area contributed by atoms with Crippen molar-refractivity contribution in [2.75, 3.05) is 32.7 Å². The predicted octanol–water partition coefficient (Wildman–Crippen LogP) is 3.07. The molecule has 7 nitrogen and oxygen atoms in total. The van der Waals surface area contributed by atoms with Gasteiger partial charge in [0.05, 0.1) is 11.7 Å². The smallest absolute Gasteiger partial charge is 0.361 e. The van der Waals surface area contributed by atoms with Crippen LogP contribution in [0.2, 0.25) is 0 Å². The molecule has 28 heavy (non-hydrogen) atoms. The monoisotopic (exact) mass is 385 g/mol. The third-order valence-electron chi connectivity index (χ3n) is 4.70. The Labute approximate surface area is 165 Å². The Morgan fingerprint density at radius 2 is 1.89 bits per heavy atom. The van der Waals surface area contributed by atoms with Crippen LogP contribution in [0, 0.1) is 0 Å². The molecular weight excluding hydrogens is 358 g/mol. The van der Waals surface area contributed by atoms with Crippen LogP contribution in [0.25, 0.3) is 11.3 Å². The van der Waals surface area contributed by atoms with Gasteiger partial charge in [-0.3, -0.25) is 9.69 Å². The van der Waals surface area contributed by atoms with Gasteiger partial charge in [0.2, 0.25) is 0 Å². The van der Waals surface area contributed by atoms with Crippen molar-refractivity contribution >= 4 is 11.9 Å². The Balaban J connectivity index is 1.84. The molecule has 3 rings (SSSR count). The van der Waals surface area contributed by atoms with Crippen molar-refractivity contribution in [3.8, 4) is 11.3 Å². The highest BCUT2D eigenvalue weighted by atomic mass is 16.5. The van der Waals surface area contributed by atoms with E-state index in [1.54, 1.807) is 26.0 Å². The van der Waals surface area contributed by atoms with Crippen LogP contribution in [0.15, 0.2) is 35.1 Å². The van der Waals surface area contributed by atoms with E-state index in [9.17, 15) is 9.59 Å². The lowest BCUT2D eigenvalue weighted by Gasteiger charge is -2.34. The second-order valence-corrected chi connectivity index (χ2v) is 7.16. The molecule has 1 aromatic heterocycles. The van der Waals surface area contributed by atoms with Crippen LogP contribution >= 0.6 is 0 Å². The zero-order valence-electron chi connectivity index (χ0n) is 16.7. The van der Waals surface area contributed by atoms with Gasteiger partial charge in [0.15, 0.2) is 17.8 Å². The van der Waals surface area contributed by atoms with Gasteiger partial charge in [-0.15, -0.1) is 0 Å². The topological polar surface area (TPSA) is 75.9 Å². The van der Waals surface area contributed by atoms with Crippen molar-refractivity contribution in [3.63, 3.8) is 0 Å². The lowest BCUT2D eigenvalue weighted by molar-refractivity contribution is 0.0371. The van der Waals surface area contributed by atoms with Gasteiger partial charge >= 0.3 is 5.97 Å². The number of nitrogens with zero attached hydrogens (tertiary/aromatic N) is 3. The normalized spacial score (nSPS) is 15.1. The van der Waals surface area contributed by atoms with E-state index in [4.69, 9.17) is 9.15 Å². The predicted molar refractivity (Wildman–Crippen MR) is 105 cm³/mol. The molecule has 0 unspecified atom stereocenters. The fourth-order valence-electron chi connectivity index (χ4n) is 3.38. The van der Waals surface area contributed by atoms with Crippen LogP contribution in [0.5, 0.6) is 0 Å². The third-order valence-corrected chi connectivity index (χ3v) is 4.70. The number of carbonyl (C=O) groups is 2. The van der Waals surface area contributed by atoms with Crippen molar-refractivity contribution in [3.05, 3.63) is 41.9 Å². The molecule has 0 atom stereocenters. The van der Waals surface area contributed by atoms with E-state index in [-0.39, 0.29) is 23.5 Å². The van der Waals surface area contributed by atoms with E-state index >= 15 is 0 Å². The highest BCUT2D eigenvalue weighted by Crippen LogP contribution is 2.28. The van der Waals surface area contributed by atoms with Crippen LogP contribution in [-0.2, 0) is 4.74 Å². The molecule has 1 aliphatic rings. The van der Waals surface area contributed by atoms with E-state index in [2.05, 4.69) is 16.8 Å². The lowest BCUT2D eigenvalue weighted by atomic mass is 10.0. The lowest BCUT2D eigenvalue weighted by Crippen LogP contribution is -2.48. The van der Waals surface area contributed by atoms with Crippen molar-refractivity contribution < 1.29 is 18.7 Å². The van der Waals surface area contributed by atoms with Crippen molar-refractivity contribution in [2.24, 2.45) is 0 Å². The number of aromatic nitrogens is 1. The number of benzene rings is 1. The number of rotatable bonds is 6. The SMILES string of the molecule is CCCN1CCN(C(=O)c2ccccc2-c2ocnc2C(=O)OC(C)C)CC1. The highest BCUT2D eigenvalue weighted by Gasteiger charge is 2.27. The minimum Gasteiger partial charge on any atom is -0.458 e. The molecule has 0 N–H and O–H groups in total. The summed E-state index contributed by atoms with van der Waals surface area (Å²) in [4.78, 5) is 33.8. The average Bonchev–Trinajstić information content (AvgIpc) is 3.18. The first-order valence-electron chi connectivity index (χ1n) is 9.76. The van der Waals surface area contributed by atoms with E-state index in [0.717, 1.165) is 26.1 Å². The number of hydrogen-bond acceptors (Lipinski definition) is 6. The first-order chi connectivity index (χ1) is 13.5. The summed E-state index contributed by atoms with van der Waals surface area (Å²) >= 11 is 0. The van der Waals surface area contributed by atoms with Crippen LogP contribution in [0.1, 0.15) is 48.0 Å². The Hall–Kier alpha value is -2.67. The van der Waals surface area contributed by atoms with E-state index in [0.29, 0.717) is 24.2 Å². The van der Waals surface area contributed by atoms with Crippen molar-refractivity contribution in [1.29, 1.82) is 0 Å². The van der Waals surface area contributed by atoms with Crippen LogP contribution < -0.4 is 0 Å². The van der Waals surface area contributed by atoms with Crippen molar-refractivity contribution in [1.82, 2.24) is 14.8 Å². The molecule has 150 valence electrons. The summed E-state index contributed by atoms with van der Waals surface area (Å²) in [6.45, 7) is 9.87. The fourth-order valence-corrected chi connectivity index (χ4v) is 3.38. The second-order valence-electron chi connectivity index (χ2n) is 7.16. The summed E-state index contributed by atoms with van der Waals surface area (Å²) in [6, 6.07) is 7.15. The number of piperazine rings is 1. The van der Waals surface area contributed by atoms with E-state index in [1.807, 2.05) is 17.0 Å². The van der Waals surface area contributed by atoms with Gasteiger partial charge in [-0.05, 0) is 32.9 Å². The molecule has 1 saturated heterocycles. The Bertz CT molecular complexity index is 823. The number of esters is 1. The molecule has 1 aliphatic heterocycles. The largest absolute Gasteiger partial charge is 0.458 e. The Morgan fingerprint density at radius 1 is 1.18 bits per heavy atom. The number of oxazole rings is 1. The molecule has 1 aromatic carbocycles. The number of carbonyl (C=O) groups excluding carboxylic acids is 2. The molecule has 7 heteroatoms. The maximum atomic E-state index is 13.2. The summed E-state index contributed by atoms with van der Waals surface area (Å²) in [5.74, 6) is -0.361. The number of ether oxygens (including phenoxy) is 1. The standard InChI is InChI=1S/C21H27N3O4/c1-4-9-23-10-12-24(13-11-23)20(25)17-8-6-5-7-16(17)19-18(22-14-27-19)21(26)28-15(2)3/h5-8,14-15H,4,9-13H2,1-3H3. The minimum atomic E-state index is -0.561. The molecule has 0 bridgehead atoms. The molecule has 1 amide bonds. The van der Waals surface area contributed by atoms with Gasteiger partial charge in [-0.1, -0.05) is 25.1 Å². The maximum absolute atomic E-state index is 13.2. The highest BCUT2D eigenvalue weighted by molar-refractivity contribution is 6.03. The molecule has 0 spiro atoms. The molecule has 1 fully saturated rings. The minimum absolute atomic E-state index is 0.0636. The third kappa shape index (κ3) is 4.42. The summed E-state index contributed by atoms with van der Waals surface area (Å²) < 4.78 is 10.7. The van der Waals surface area contributed by atoms with Gasteiger partial charge in [0, 0.05) is 31.7 Å². The van der Waals surface area contributed by atoms with Gasteiger partial charge in [-0.25, -0.2) is 9.78 Å². The average molecular weight is 385 g/mol. The summed E-state index contributed by atoms with van der Waals surface area (Å²) in [5.41, 5.74) is 1.14. The summed E-state index contributed by atoms with van der Waals surface area (Å²) in [6.07, 6.45) is 2.04. The Kier molecular flexibility index (Phi) is 6.46. The number of hydrogen-bond donors (Lipinski definition) is 0.